The molecular weight excluding hydrogens is 321 g/mol. The first kappa shape index (κ1) is 19.3. The second kappa shape index (κ2) is 8.86. The van der Waals surface area contributed by atoms with E-state index in [2.05, 4.69) is 103 Å². The summed E-state index contributed by atoms with van der Waals surface area (Å²) in [5, 5.41) is 2.49. The van der Waals surface area contributed by atoms with Crippen LogP contribution in [-0.2, 0) is 0 Å². The first-order valence-corrected chi connectivity index (χ1v) is 8.14. The number of nitrogens with zero attached hydrogens (tertiary/aromatic N) is 1. The summed E-state index contributed by atoms with van der Waals surface area (Å²) >= 11 is 0. The molecule has 0 aliphatic heterocycles. The molecule has 4 aromatic rings. The molecule has 0 bridgehead atoms. The minimum Gasteiger partial charge on any atom is -0.412 e. The second-order valence-corrected chi connectivity index (χ2v) is 5.74. The quantitative estimate of drug-likeness (QED) is 0.525. The molecule has 0 unspecified atom stereocenters. The van der Waals surface area contributed by atoms with Gasteiger partial charge < -0.3 is 15.8 Å². The van der Waals surface area contributed by atoms with Crippen LogP contribution in [0.2, 0.25) is 0 Å². The van der Waals surface area contributed by atoms with Crippen molar-refractivity contribution in [1.82, 2.24) is 0 Å². The van der Waals surface area contributed by atoms with E-state index >= 15 is 0 Å². The van der Waals surface area contributed by atoms with Crippen molar-refractivity contribution < 1.29 is 11.0 Å². The third-order valence-electron chi connectivity index (χ3n) is 4.14. The van der Waals surface area contributed by atoms with Crippen LogP contribution in [0.15, 0.2) is 103 Å². The Balaban J connectivity index is 0.00000121. The van der Waals surface area contributed by atoms with E-state index < -0.39 is 0 Å². The Labute approximate surface area is 154 Å². The number of fused-ring (bicyclic) bond motifs is 1. The molecule has 0 saturated carbocycles. The van der Waals surface area contributed by atoms with Crippen molar-refractivity contribution in [3.8, 4) is 0 Å². The van der Waals surface area contributed by atoms with Gasteiger partial charge in [-0.05, 0) is 23.6 Å². The van der Waals surface area contributed by atoms with Crippen LogP contribution in [0.25, 0.3) is 10.8 Å². The number of rotatable bonds is 4. The van der Waals surface area contributed by atoms with Crippen LogP contribution in [0.5, 0.6) is 0 Å². The zero-order valence-corrected chi connectivity index (χ0v) is 14.3. The topological polar surface area (TPSA) is 66.2 Å². The molecule has 4 heteroatoms. The molecule has 0 spiro atoms. The predicted molar refractivity (Wildman–Crippen MR) is 112 cm³/mol. The molecule has 26 heavy (non-hydrogen) atoms. The monoisotopic (exact) mass is 342 g/mol. The van der Waals surface area contributed by atoms with Gasteiger partial charge in [0, 0.05) is 16.8 Å². The highest BCUT2D eigenvalue weighted by atomic mass is 16.0. The smallest absolute Gasteiger partial charge is 0.290 e. The Morgan fingerprint density at radius 2 is 1.12 bits per heavy atom. The van der Waals surface area contributed by atoms with Gasteiger partial charge in [-0.25, -0.2) is 0 Å². The summed E-state index contributed by atoms with van der Waals surface area (Å²) < 4.78 is 0. The Morgan fingerprint density at radius 1 is 0.538 bits per heavy atom. The molecule has 129 valence electrons. The fraction of sp³-hybridized carbons (Fsp3) is 0. The number of anilines is 2. The van der Waals surface area contributed by atoms with Gasteiger partial charge in [-0.1, -0.05) is 90.4 Å². The van der Waals surface area contributed by atoms with Crippen molar-refractivity contribution in [2.24, 2.45) is 0 Å². The van der Waals surface area contributed by atoms with Gasteiger partial charge in [0.2, 0.25) is 0 Å². The minimum absolute atomic E-state index is 0. The van der Waals surface area contributed by atoms with Gasteiger partial charge in [-0.2, -0.15) is 0 Å². The summed E-state index contributed by atoms with van der Waals surface area (Å²) in [6, 6.07) is 35.9. The molecular formula is C22H21BNO2. The molecule has 0 heterocycles. The van der Waals surface area contributed by atoms with Gasteiger partial charge in [-0.3, -0.25) is 0 Å². The molecule has 1 radical (unpaired) electrons. The molecule has 4 rings (SSSR count). The summed E-state index contributed by atoms with van der Waals surface area (Å²) in [6.07, 6.45) is 0. The first-order chi connectivity index (χ1) is 11.9. The van der Waals surface area contributed by atoms with Crippen LogP contribution in [0, 0.1) is 0 Å². The van der Waals surface area contributed by atoms with E-state index in [9.17, 15) is 0 Å². The largest absolute Gasteiger partial charge is 0.412 e. The normalized spacial score (nSPS) is 9.69. The summed E-state index contributed by atoms with van der Waals surface area (Å²) in [5.41, 5.74) is 3.51. The summed E-state index contributed by atoms with van der Waals surface area (Å²) in [6.45, 7) is 0. The average Bonchev–Trinajstić information content (AvgIpc) is 2.67. The van der Waals surface area contributed by atoms with E-state index in [1.807, 2.05) is 12.1 Å². The molecule has 0 aromatic heterocycles. The van der Waals surface area contributed by atoms with Gasteiger partial charge in [-0.15, -0.1) is 0 Å². The van der Waals surface area contributed by atoms with Crippen LogP contribution in [-0.4, -0.2) is 18.4 Å². The fourth-order valence-corrected chi connectivity index (χ4v) is 2.98. The molecule has 3 nitrogen and oxygen atoms in total. The van der Waals surface area contributed by atoms with Gasteiger partial charge >= 0.3 is 0 Å². The first-order valence-electron chi connectivity index (χ1n) is 8.14. The van der Waals surface area contributed by atoms with Crippen molar-refractivity contribution in [3.05, 3.63) is 103 Å². The Morgan fingerprint density at radius 3 is 1.85 bits per heavy atom. The highest BCUT2D eigenvalue weighted by Crippen LogP contribution is 2.31. The standard InChI is InChI=1S/C22H17BN.2H2O/c1-3-12-19(13-4-1)23-24(20-14-5-2-6-15-20)22-17-9-11-18-10-7-8-16-21(18)22;;/h1-17H;2*1H2. The number of hydrogen-bond acceptors (Lipinski definition) is 1. The third-order valence-corrected chi connectivity index (χ3v) is 4.14. The summed E-state index contributed by atoms with van der Waals surface area (Å²) in [4.78, 5) is 2.26. The second-order valence-electron chi connectivity index (χ2n) is 5.74. The van der Waals surface area contributed by atoms with Gasteiger partial charge in [0.05, 0.1) is 0 Å². The van der Waals surface area contributed by atoms with Crippen molar-refractivity contribution >= 4 is 35.0 Å². The van der Waals surface area contributed by atoms with Gasteiger partial charge in [0.1, 0.15) is 0 Å². The maximum atomic E-state index is 2.26. The maximum Gasteiger partial charge on any atom is 0.290 e. The highest BCUT2D eigenvalue weighted by Gasteiger charge is 2.14. The Bertz CT molecular complexity index is 940. The molecule has 0 aliphatic carbocycles. The van der Waals surface area contributed by atoms with Crippen molar-refractivity contribution in [1.29, 1.82) is 0 Å². The molecule has 0 atom stereocenters. The average molecular weight is 342 g/mol. The van der Waals surface area contributed by atoms with Crippen LogP contribution < -0.4 is 10.3 Å². The zero-order valence-electron chi connectivity index (χ0n) is 14.3. The van der Waals surface area contributed by atoms with E-state index in [4.69, 9.17) is 0 Å². The lowest BCUT2D eigenvalue weighted by Gasteiger charge is -2.26. The van der Waals surface area contributed by atoms with Crippen molar-refractivity contribution in [3.63, 3.8) is 0 Å². The zero-order chi connectivity index (χ0) is 16.2. The number of para-hydroxylation sites is 1. The fourth-order valence-electron chi connectivity index (χ4n) is 2.98. The maximum absolute atomic E-state index is 2.26. The molecule has 4 aromatic carbocycles. The van der Waals surface area contributed by atoms with Crippen molar-refractivity contribution in [2.75, 3.05) is 4.81 Å². The van der Waals surface area contributed by atoms with E-state index in [0.717, 1.165) is 5.69 Å². The lowest BCUT2D eigenvalue weighted by atomic mass is 9.79. The molecule has 0 saturated heterocycles. The van der Waals surface area contributed by atoms with E-state index in [0.29, 0.717) is 0 Å². The summed E-state index contributed by atoms with van der Waals surface area (Å²) in [7, 11) is 2.19. The Hall–Kier alpha value is -3.08. The highest BCUT2D eigenvalue weighted by molar-refractivity contribution is 6.59. The lowest BCUT2D eigenvalue weighted by Crippen LogP contribution is -2.32. The van der Waals surface area contributed by atoms with Crippen LogP contribution >= 0.6 is 0 Å². The lowest BCUT2D eigenvalue weighted by molar-refractivity contribution is 0.823. The Kier molecular flexibility index (Phi) is 6.56. The molecule has 0 fully saturated rings. The van der Waals surface area contributed by atoms with Gasteiger partial charge in [0.15, 0.2) is 0 Å². The van der Waals surface area contributed by atoms with Crippen LogP contribution in [0.4, 0.5) is 11.4 Å². The predicted octanol–water partition coefficient (Wildman–Crippen LogP) is 3.27. The van der Waals surface area contributed by atoms with Crippen molar-refractivity contribution in [2.45, 2.75) is 0 Å². The SMILES string of the molecule is O.O.[B](c1ccccc1)N(c1ccccc1)c1cccc2ccccc12. The molecule has 0 amide bonds. The van der Waals surface area contributed by atoms with Crippen LogP contribution in [0.3, 0.4) is 0 Å². The number of hydrogen-bond donors (Lipinski definition) is 0. The van der Waals surface area contributed by atoms with E-state index in [-0.39, 0.29) is 11.0 Å². The minimum atomic E-state index is 0. The van der Waals surface area contributed by atoms with Gasteiger partial charge in [0.25, 0.3) is 7.41 Å². The third kappa shape index (κ3) is 3.94. The van der Waals surface area contributed by atoms with E-state index in [1.165, 1.54) is 21.9 Å². The van der Waals surface area contributed by atoms with E-state index in [1.54, 1.807) is 0 Å². The van der Waals surface area contributed by atoms with Crippen LogP contribution in [0.1, 0.15) is 0 Å². The molecule has 4 N–H and O–H groups in total. The number of benzene rings is 4. The molecule has 0 aliphatic rings. The summed E-state index contributed by atoms with van der Waals surface area (Å²) in [5.74, 6) is 0.